The van der Waals surface area contributed by atoms with Gasteiger partial charge in [0.25, 0.3) is 0 Å². The highest BCUT2D eigenvalue weighted by Crippen LogP contribution is 2.27. The Labute approximate surface area is 200 Å². The summed E-state index contributed by atoms with van der Waals surface area (Å²) in [6.45, 7) is 5.06. The Morgan fingerprint density at radius 1 is 0.912 bits per heavy atom. The molecule has 5 rings (SSSR count). The van der Waals surface area contributed by atoms with E-state index >= 15 is 0 Å². The standard InChI is InChI=1S/C27H30N6O/c1-2-3-14-25(34)31-15-17-32(18-16-31)26-23-20-28-33(22-12-8-5-9-13-22)27(23)30-24(29-26)19-21-10-6-4-7-11-21/h4-13,20H,2-3,14-19H2,1H3. The summed E-state index contributed by atoms with van der Waals surface area (Å²) in [6, 6.07) is 20.4. The SMILES string of the molecule is CCCCC(=O)N1CCN(c2nc(Cc3ccccc3)nc3c2cnn3-c2ccccc2)CC1. The van der Waals surface area contributed by atoms with Crippen molar-refractivity contribution in [1.82, 2.24) is 24.6 Å². The van der Waals surface area contributed by atoms with Crippen molar-refractivity contribution >= 4 is 22.8 Å². The van der Waals surface area contributed by atoms with Gasteiger partial charge in [0.05, 0.1) is 17.3 Å². The topological polar surface area (TPSA) is 67.2 Å². The molecule has 0 radical (unpaired) electrons. The molecule has 2 aromatic heterocycles. The van der Waals surface area contributed by atoms with Gasteiger partial charge in [-0.25, -0.2) is 14.6 Å². The van der Waals surface area contributed by atoms with Crippen LogP contribution in [0.15, 0.2) is 66.9 Å². The van der Waals surface area contributed by atoms with Crippen molar-refractivity contribution in [2.45, 2.75) is 32.6 Å². The molecule has 1 fully saturated rings. The first kappa shape index (κ1) is 22.1. The van der Waals surface area contributed by atoms with Gasteiger partial charge in [0.15, 0.2) is 5.65 Å². The van der Waals surface area contributed by atoms with E-state index < -0.39 is 0 Å². The van der Waals surface area contributed by atoms with Crippen LogP contribution >= 0.6 is 0 Å². The van der Waals surface area contributed by atoms with Crippen molar-refractivity contribution in [3.8, 4) is 5.69 Å². The molecule has 1 aliphatic heterocycles. The quantitative estimate of drug-likeness (QED) is 0.418. The lowest BCUT2D eigenvalue weighted by atomic mass is 10.1. The number of hydrogen-bond donors (Lipinski definition) is 0. The molecule has 0 bridgehead atoms. The number of hydrogen-bond acceptors (Lipinski definition) is 5. The van der Waals surface area contributed by atoms with E-state index in [-0.39, 0.29) is 5.91 Å². The number of rotatable bonds is 7. The van der Waals surface area contributed by atoms with Crippen molar-refractivity contribution in [3.05, 3.63) is 78.2 Å². The van der Waals surface area contributed by atoms with Gasteiger partial charge in [-0.3, -0.25) is 4.79 Å². The predicted molar refractivity (Wildman–Crippen MR) is 134 cm³/mol. The van der Waals surface area contributed by atoms with E-state index in [1.807, 2.05) is 64.3 Å². The molecule has 1 amide bonds. The third-order valence-corrected chi connectivity index (χ3v) is 6.34. The van der Waals surface area contributed by atoms with Gasteiger partial charge in [0.1, 0.15) is 11.6 Å². The van der Waals surface area contributed by atoms with Gasteiger partial charge in [-0.1, -0.05) is 61.9 Å². The number of anilines is 1. The van der Waals surface area contributed by atoms with Gasteiger partial charge < -0.3 is 9.80 Å². The van der Waals surface area contributed by atoms with Crippen LogP contribution in [0.4, 0.5) is 5.82 Å². The van der Waals surface area contributed by atoms with E-state index in [1.165, 1.54) is 5.56 Å². The maximum atomic E-state index is 12.5. The first-order valence-corrected chi connectivity index (χ1v) is 12.1. The van der Waals surface area contributed by atoms with Crippen LogP contribution in [0, 0.1) is 0 Å². The summed E-state index contributed by atoms with van der Waals surface area (Å²) in [5.74, 6) is 1.93. The van der Waals surface area contributed by atoms with Crippen molar-refractivity contribution in [3.63, 3.8) is 0 Å². The summed E-state index contributed by atoms with van der Waals surface area (Å²) >= 11 is 0. The second kappa shape index (κ2) is 10.0. The monoisotopic (exact) mass is 454 g/mol. The number of fused-ring (bicyclic) bond motifs is 1. The highest BCUT2D eigenvalue weighted by molar-refractivity contribution is 5.88. The summed E-state index contributed by atoms with van der Waals surface area (Å²) in [6.07, 6.45) is 5.15. The zero-order valence-electron chi connectivity index (χ0n) is 19.6. The molecule has 174 valence electrons. The lowest BCUT2D eigenvalue weighted by molar-refractivity contribution is -0.131. The molecule has 0 unspecified atom stereocenters. The second-order valence-electron chi connectivity index (χ2n) is 8.73. The Hall–Kier alpha value is -3.74. The van der Waals surface area contributed by atoms with Gasteiger partial charge in [0.2, 0.25) is 5.91 Å². The maximum Gasteiger partial charge on any atom is 0.222 e. The summed E-state index contributed by atoms with van der Waals surface area (Å²) in [4.78, 5) is 26.7. The lowest BCUT2D eigenvalue weighted by Gasteiger charge is -2.35. The minimum Gasteiger partial charge on any atom is -0.352 e. The molecule has 0 aliphatic carbocycles. The number of amides is 1. The van der Waals surface area contributed by atoms with Crippen LogP contribution in [0.2, 0.25) is 0 Å². The normalized spacial score (nSPS) is 14.0. The van der Waals surface area contributed by atoms with Crippen molar-refractivity contribution < 1.29 is 4.79 Å². The largest absolute Gasteiger partial charge is 0.352 e. The van der Waals surface area contributed by atoms with Crippen molar-refractivity contribution in [1.29, 1.82) is 0 Å². The van der Waals surface area contributed by atoms with E-state index in [0.717, 1.165) is 67.4 Å². The number of carbonyl (C=O) groups excluding carboxylic acids is 1. The van der Waals surface area contributed by atoms with Gasteiger partial charge in [-0.2, -0.15) is 5.10 Å². The molecule has 2 aromatic carbocycles. The van der Waals surface area contributed by atoms with E-state index in [1.54, 1.807) is 0 Å². The van der Waals surface area contributed by atoms with E-state index in [2.05, 4.69) is 29.1 Å². The molecule has 1 aliphatic rings. The molecule has 4 aromatic rings. The molecule has 0 saturated carbocycles. The van der Waals surface area contributed by atoms with E-state index in [0.29, 0.717) is 12.8 Å². The summed E-state index contributed by atoms with van der Waals surface area (Å²) < 4.78 is 1.89. The average molecular weight is 455 g/mol. The number of aromatic nitrogens is 4. The second-order valence-corrected chi connectivity index (χ2v) is 8.73. The Morgan fingerprint density at radius 3 is 2.32 bits per heavy atom. The van der Waals surface area contributed by atoms with Crippen LogP contribution in [-0.4, -0.2) is 56.7 Å². The van der Waals surface area contributed by atoms with Crippen LogP contribution in [-0.2, 0) is 11.2 Å². The Bertz CT molecular complexity index is 1250. The smallest absolute Gasteiger partial charge is 0.222 e. The lowest BCUT2D eigenvalue weighted by Crippen LogP contribution is -2.49. The minimum atomic E-state index is 0.260. The Morgan fingerprint density at radius 2 is 1.62 bits per heavy atom. The van der Waals surface area contributed by atoms with E-state index in [4.69, 9.17) is 9.97 Å². The molecule has 7 heteroatoms. The highest BCUT2D eigenvalue weighted by atomic mass is 16.2. The van der Waals surface area contributed by atoms with Crippen molar-refractivity contribution in [2.24, 2.45) is 0 Å². The molecule has 0 atom stereocenters. The van der Waals surface area contributed by atoms with Crippen LogP contribution in [0.3, 0.4) is 0 Å². The van der Waals surface area contributed by atoms with Gasteiger partial charge in [0, 0.05) is 39.0 Å². The molecule has 0 spiro atoms. The zero-order valence-corrected chi connectivity index (χ0v) is 19.6. The van der Waals surface area contributed by atoms with Crippen LogP contribution < -0.4 is 4.90 Å². The van der Waals surface area contributed by atoms with E-state index in [9.17, 15) is 4.79 Å². The van der Waals surface area contributed by atoms with Gasteiger partial charge in [-0.05, 0) is 24.1 Å². The molecular weight excluding hydrogens is 424 g/mol. The Kier molecular flexibility index (Phi) is 6.51. The molecule has 1 saturated heterocycles. The minimum absolute atomic E-state index is 0.260. The third-order valence-electron chi connectivity index (χ3n) is 6.34. The summed E-state index contributed by atoms with van der Waals surface area (Å²) in [7, 11) is 0. The number of nitrogens with zero attached hydrogens (tertiary/aromatic N) is 6. The van der Waals surface area contributed by atoms with Crippen LogP contribution in [0.5, 0.6) is 0 Å². The van der Waals surface area contributed by atoms with Crippen LogP contribution in [0.25, 0.3) is 16.7 Å². The molecular formula is C27H30N6O. The number of unbranched alkanes of at least 4 members (excludes halogenated alkanes) is 1. The summed E-state index contributed by atoms with van der Waals surface area (Å²) in [5.41, 5.74) is 2.95. The Balaban J connectivity index is 1.48. The first-order chi connectivity index (χ1) is 16.7. The van der Waals surface area contributed by atoms with Gasteiger partial charge >= 0.3 is 0 Å². The zero-order chi connectivity index (χ0) is 23.3. The number of para-hydroxylation sites is 1. The number of carbonyl (C=O) groups is 1. The third kappa shape index (κ3) is 4.64. The fraction of sp³-hybridized carbons (Fsp3) is 0.333. The predicted octanol–water partition coefficient (Wildman–Crippen LogP) is 4.25. The molecule has 7 nitrogen and oxygen atoms in total. The maximum absolute atomic E-state index is 12.5. The summed E-state index contributed by atoms with van der Waals surface area (Å²) in [5, 5.41) is 5.61. The fourth-order valence-corrected chi connectivity index (χ4v) is 4.45. The molecule has 0 N–H and O–H groups in total. The average Bonchev–Trinajstić information content (AvgIpc) is 3.32. The molecule has 34 heavy (non-hydrogen) atoms. The van der Waals surface area contributed by atoms with Crippen LogP contribution in [0.1, 0.15) is 37.6 Å². The first-order valence-electron chi connectivity index (χ1n) is 12.1. The molecule has 3 heterocycles. The van der Waals surface area contributed by atoms with Crippen molar-refractivity contribution in [2.75, 3.05) is 31.1 Å². The van der Waals surface area contributed by atoms with Gasteiger partial charge in [-0.15, -0.1) is 0 Å². The highest BCUT2D eigenvalue weighted by Gasteiger charge is 2.25. The number of benzene rings is 2. The number of piperazine rings is 1. The fourth-order valence-electron chi connectivity index (χ4n) is 4.45.